The van der Waals surface area contributed by atoms with E-state index in [4.69, 9.17) is 0 Å². The minimum absolute atomic E-state index is 0.0215. The van der Waals surface area contributed by atoms with Crippen molar-refractivity contribution in [2.75, 3.05) is 32.7 Å². The summed E-state index contributed by atoms with van der Waals surface area (Å²) < 4.78 is 2.42. The third kappa shape index (κ3) is 2.69. The van der Waals surface area contributed by atoms with Gasteiger partial charge in [0, 0.05) is 39.4 Å². The van der Waals surface area contributed by atoms with Crippen LogP contribution in [0.1, 0.15) is 17.4 Å². The maximum absolute atomic E-state index is 12.2. The van der Waals surface area contributed by atoms with Crippen LogP contribution in [0.25, 0.3) is 0 Å². The Balaban J connectivity index is 2.04. The number of carbonyl (C=O) groups is 1. The molecule has 1 aromatic rings. The number of likely N-dealkylation sites (N-methyl/N-ethyl adjacent to an activating group) is 1. The number of rotatable bonds is 2. The second-order valence-corrected chi connectivity index (χ2v) is 5.08. The molecule has 1 saturated heterocycles. The Morgan fingerprint density at radius 1 is 1.41 bits per heavy atom. The third-order valence-electron chi connectivity index (χ3n) is 3.09. The molecule has 0 bridgehead atoms. The van der Waals surface area contributed by atoms with Crippen molar-refractivity contribution >= 4 is 21.8 Å². The van der Waals surface area contributed by atoms with Gasteiger partial charge in [-0.1, -0.05) is 6.92 Å². The summed E-state index contributed by atoms with van der Waals surface area (Å²) in [6, 6.07) is 0. The zero-order valence-corrected chi connectivity index (χ0v) is 11.8. The first-order valence-corrected chi connectivity index (χ1v) is 6.62. The van der Waals surface area contributed by atoms with Crippen LogP contribution in [0.3, 0.4) is 0 Å². The lowest BCUT2D eigenvalue weighted by molar-refractivity contribution is 0.0636. The Hall–Kier alpha value is -0.880. The van der Waals surface area contributed by atoms with Gasteiger partial charge in [0.15, 0.2) is 5.69 Å². The first kappa shape index (κ1) is 12.6. The Morgan fingerprint density at radius 2 is 2.06 bits per heavy atom. The zero-order valence-electron chi connectivity index (χ0n) is 10.2. The third-order valence-corrected chi connectivity index (χ3v) is 3.67. The van der Waals surface area contributed by atoms with Crippen LogP contribution in [-0.4, -0.2) is 58.2 Å². The van der Waals surface area contributed by atoms with E-state index in [1.165, 1.54) is 0 Å². The molecule has 0 aromatic carbocycles. The van der Waals surface area contributed by atoms with E-state index in [0.29, 0.717) is 5.69 Å². The number of piperazine rings is 1. The van der Waals surface area contributed by atoms with Gasteiger partial charge >= 0.3 is 0 Å². The molecule has 94 valence electrons. The lowest BCUT2D eigenvalue weighted by atomic mass is 10.3. The SMILES string of the molecule is CCN1CCN(C(=O)c2nn(C)cc2Br)CC1. The normalized spacial score (nSPS) is 17.5. The number of aryl methyl sites for hydroxylation is 1. The molecule has 6 heteroatoms. The number of hydrogen-bond donors (Lipinski definition) is 0. The summed E-state index contributed by atoms with van der Waals surface area (Å²) in [5.41, 5.74) is 0.512. The van der Waals surface area contributed by atoms with Gasteiger partial charge in [-0.15, -0.1) is 0 Å². The van der Waals surface area contributed by atoms with Crippen LogP contribution >= 0.6 is 15.9 Å². The Morgan fingerprint density at radius 3 is 2.53 bits per heavy atom. The van der Waals surface area contributed by atoms with Crippen LogP contribution in [0, 0.1) is 0 Å². The number of nitrogens with zero attached hydrogens (tertiary/aromatic N) is 4. The predicted molar refractivity (Wildman–Crippen MR) is 68.9 cm³/mol. The second-order valence-electron chi connectivity index (χ2n) is 4.23. The van der Waals surface area contributed by atoms with Crippen LogP contribution < -0.4 is 0 Å². The molecule has 1 fully saturated rings. The van der Waals surface area contributed by atoms with Crippen LogP contribution in [0.5, 0.6) is 0 Å². The highest BCUT2D eigenvalue weighted by molar-refractivity contribution is 9.10. The molecule has 2 rings (SSSR count). The van der Waals surface area contributed by atoms with Crippen molar-refractivity contribution in [3.05, 3.63) is 16.4 Å². The summed E-state index contributed by atoms with van der Waals surface area (Å²) in [6.45, 7) is 6.67. The molecular weight excluding hydrogens is 284 g/mol. The summed E-state index contributed by atoms with van der Waals surface area (Å²) in [5.74, 6) is 0.0215. The zero-order chi connectivity index (χ0) is 12.4. The Kier molecular flexibility index (Phi) is 3.83. The molecule has 1 aromatic heterocycles. The largest absolute Gasteiger partial charge is 0.335 e. The standard InChI is InChI=1S/C11H17BrN4O/c1-3-15-4-6-16(7-5-15)11(17)10-9(12)8-14(2)13-10/h8H,3-7H2,1-2H3. The predicted octanol–water partition coefficient (Wildman–Crippen LogP) is 0.960. The van der Waals surface area contributed by atoms with Crippen molar-refractivity contribution < 1.29 is 4.79 Å². The number of amides is 1. The maximum atomic E-state index is 12.2. The van der Waals surface area contributed by atoms with Gasteiger partial charge in [0.05, 0.1) is 4.47 Å². The van der Waals surface area contributed by atoms with Crippen LogP contribution in [-0.2, 0) is 7.05 Å². The van der Waals surface area contributed by atoms with Crippen LogP contribution in [0.4, 0.5) is 0 Å². The van der Waals surface area contributed by atoms with E-state index < -0.39 is 0 Å². The molecular formula is C11H17BrN4O. The molecule has 0 atom stereocenters. The van der Waals surface area contributed by atoms with E-state index in [2.05, 4.69) is 32.9 Å². The highest BCUT2D eigenvalue weighted by Crippen LogP contribution is 2.17. The molecule has 0 N–H and O–H groups in total. The molecule has 17 heavy (non-hydrogen) atoms. The van der Waals surface area contributed by atoms with Gasteiger partial charge in [0.1, 0.15) is 0 Å². The molecule has 0 radical (unpaired) electrons. The summed E-state index contributed by atoms with van der Waals surface area (Å²) in [4.78, 5) is 16.4. The minimum Gasteiger partial charge on any atom is -0.335 e. The quantitative estimate of drug-likeness (QED) is 0.817. The van der Waals surface area contributed by atoms with Crippen molar-refractivity contribution in [1.29, 1.82) is 0 Å². The fourth-order valence-corrected chi connectivity index (χ4v) is 2.57. The summed E-state index contributed by atoms with van der Waals surface area (Å²) >= 11 is 3.37. The van der Waals surface area contributed by atoms with Crippen LogP contribution in [0.2, 0.25) is 0 Å². The highest BCUT2D eigenvalue weighted by atomic mass is 79.9. The smallest absolute Gasteiger partial charge is 0.275 e. The first-order chi connectivity index (χ1) is 8.11. The Labute approximate surface area is 110 Å². The minimum atomic E-state index is 0.0215. The highest BCUT2D eigenvalue weighted by Gasteiger charge is 2.24. The molecule has 0 spiro atoms. The molecule has 1 aliphatic rings. The number of aromatic nitrogens is 2. The average Bonchev–Trinajstić information content (AvgIpc) is 2.68. The van der Waals surface area contributed by atoms with E-state index in [9.17, 15) is 4.79 Å². The monoisotopic (exact) mass is 300 g/mol. The van der Waals surface area contributed by atoms with Gasteiger partial charge in [0.25, 0.3) is 5.91 Å². The van der Waals surface area contributed by atoms with Gasteiger partial charge in [-0.3, -0.25) is 9.48 Å². The Bertz CT molecular complexity index is 410. The second kappa shape index (κ2) is 5.18. The summed E-state index contributed by atoms with van der Waals surface area (Å²) in [6.07, 6.45) is 1.80. The lowest BCUT2D eigenvalue weighted by Crippen LogP contribution is -2.48. The van der Waals surface area contributed by atoms with Crippen molar-refractivity contribution in [3.63, 3.8) is 0 Å². The lowest BCUT2D eigenvalue weighted by Gasteiger charge is -2.33. The fourth-order valence-electron chi connectivity index (χ4n) is 2.02. The van der Waals surface area contributed by atoms with E-state index in [1.54, 1.807) is 10.9 Å². The molecule has 5 nitrogen and oxygen atoms in total. The molecule has 2 heterocycles. The summed E-state index contributed by atoms with van der Waals surface area (Å²) in [5, 5.41) is 4.19. The van der Waals surface area contributed by atoms with Crippen molar-refractivity contribution in [3.8, 4) is 0 Å². The van der Waals surface area contributed by atoms with Crippen molar-refractivity contribution in [2.24, 2.45) is 7.05 Å². The number of halogens is 1. The average molecular weight is 301 g/mol. The van der Waals surface area contributed by atoms with E-state index in [-0.39, 0.29) is 5.91 Å². The van der Waals surface area contributed by atoms with Gasteiger partial charge in [-0.25, -0.2) is 0 Å². The number of carbonyl (C=O) groups excluding carboxylic acids is 1. The fraction of sp³-hybridized carbons (Fsp3) is 0.636. The molecule has 0 aliphatic carbocycles. The van der Waals surface area contributed by atoms with Gasteiger partial charge in [-0.2, -0.15) is 5.10 Å². The van der Waals surface area contributed by atoms with Gasteiger partial charge < -0.3 is 9.80 Å². The topological polar surface area (TPSA) is 41.4 Å². The maximum Gasteiger partial charge on any atom is 0.275 e. The molecule has 1 amide bonds. The van der Waals surface area contributed by atoms with Gasteiger partial charge in [0.2, 0.25) is 0 Å². The van der Waals surface area contributed by atoms with E-state index in [0.717, 1.165) is 37.2 Å². The first-order valence-electron chi connectivity index (χ1n) is 5.82. The number of hydrogen-bond acceptors (Lipinski definition) is 3. The van der Waals surface area contributed by atoms with Gasteiger partial charge in [-0.05, 0) is 22.5 Å². The molecule has 0 saturated carbocycles. The van der Waals surface area contributed by atoms with Crippen molar-refractivity contribution in [1.82, 2.24) is 19.6 Å². The molecule has 0 unspecified atom stereocenters. The van der Waals surface area contributed by atoms with Crippen LogP contribution in [0.15, 0.2) is 10.7 Å². The molecule has 1 aliphatic heterocycles. The van der Waals surface area contributed by atoms with E-state index >= 15 is 0 Å². The van der Waals surface area contributed by atoms with E-state index in [1.807, 2.05) is 11.9 Å². The van der Waals surface area contributed by atoms with Crippen molar-refractivity contribution in [2.45, 2.75) is 6.92 Å². The summed E-state index contributed by atoms with van der Waals surface area (Å²) in [7, 11) is 1.82.